The van der Waals surface area contributed by atoms with Gasteiger partial charge >= 0.3 is 11.9 Å². The molecule has 0 bridgehead atoms. The molecule has 0 unspecified atom stereocenters. The fourth-order valence-electron chi connectivity index (χ4n) is 8.87. The topological polar surface area (TPSA) is 154 Å². The van der Waals surface area contributed by atoms with Gasteiger partial charge in [-0.3, -0.25) is 0 Å². The van der Waals surface area contributed by atoms with Crippen LogP contribution in [0.3, 0.4) is 0 Å². The summed E-state index contributed by atoms with van der Waals surface area (Å²) in [5.41, 5.74) is -8.98. The molecule has 0 heterocycles. The maximum absolute atomic E-state index is 13.4. The maximum atomic E-state index is 13.4. The summed E-state index contributed by atoms with van der Waals surface area (Å²) < 4.78 is 11.8. The van der Waals surface area contributed by atoms with Crippen LogP contribution < -0.4 is 0 Å². The van der Waals surface area contributed by atoms with Crippen molar-refractivity contribution >= 4 is 18.0 Å². The first-order valence-electron chi connectivity index (χ1n) is 15.6. The molecule has 4 aliphatic rings. The number of hydrogen-bond acceptors (Lipinski definition) is 9. The van der Waals surface area contributed by atoms with Crippen LogP contribution in [0.25, 0.3) is 6.08 Å². The second-order valence-electron chi connectivity index (χ2n) is 13.9. The van der Waals surface area contributed by atoms with Crippen LogP contribution in [-0.2, 0) is 19.1 Å². The predicted octanol–water partition coefficient (Wildman–Crippen LogP) is 3.37. The molecule has 9 nitrogen and oxygen atoms in total. The number of carbonyl (C=O) groups is 2. The number of rotatable bonds is 6. The monoisotopic (exact) mass is 610 g/mol. The van der Waals surface area contributed by atoms with Crippen LogP contribution in [0.1, 0.15) is 78.7 Å². The van der Waals surface area contributed by atoms with Gasteiger partial charge in [-0.1, -0.05) is 62.4 Å². The number of hydrogen-bond donors (Lipinski definition) is 5. The number of aliphatic hydroxyl groups is 5. The smallest absolute Gasteiger partial charge is 0.333 e. The zero-order valence-electron chi connectivity index (χ0n) is 26.2. The molecular formula is C35H46O9. The Morgan fingerprint density at radius 3 is 2.36 bits per heavy atom. The van der Waals surface area contributed by atoms with Crippen LogP contribution >= 0.6 is 0 Å². The summed E-state index contributed by atoms with van der Waals surface area (Å²) in [5, 5.41) is 60.1. The number of ether oxygens (including phenoxy) is 2. The first-order chi connectivity index (χ1) is 20.5. The van der Waals surface area contributed by atoms with Crippen LogP contribution in [0.5, 0.6) is 0 Å². The lowest BCUT2D eigenvalue weighted by atomic mass is 9.41. The molecule has 44 heavy (non-hydrogen) atoms. The summed E-state index contributed by atoms with van der Waals surface area (Å²) in [6.07, 6.45) is 5.00. The Morgan fingerprint density at radius 2 is 1.70 bits per heavy atom. The SMILES string of the molecule is C/C=C(\C)C(=O)O[C@@H](C)[C@]1(O)CC[C@@]2(O)[C@]1(C)[C@H](OC(=O)/C=C/c1ccccc1)C[C@H]1[C@@]2(O)C=C[C@@]2(O)C[C@@H](O)CC[C@]12C. The fraction of sp³-hybridized carbons (Fsp3) is 0.600. The minimum absolute atomic E-state index is 0.00363. The molecule has 0 radical (unpaired) electrons. The molecule has 4 aliphatic carbocycles. The van der Waals surface area contributed by atoms with Crippen LogP contribution in [0, 0.1) is 16.7 Å². The van der Waals surface area contributed by atoms with E-state index in [0.29, 0.717) is 18.4 Å². The first-order valence-corrected chi connectivity index (χ1v) is 15.6. The van der Waals surface area contributed by atoms with E-state index >= 15 is 0 Å². The van der Waals surface area contributed by atoms with Gasteiger partial charge in [-0.15, -0.1) is 0 Å². The lowest BCUT2D eigenvalue weighted by Gasteiger charge is -2.68. The minimum atomic E-state index is -2.06. The van der Waals surface area contributed by atoms with Crippen molar-refractivity contribution in [3.63, 3.8) is 0 Å². The Morgan fingerprint density at radius 1 is 1.02 bits per heavy atom. The Balaban J connectivity index is 1.61. The van der Waals surface area contributed by atoms with E-state index in [1.54, 1.807) is 39.8 Å². The summed E-state index contributed by atoms with van der Waals surface area (Å²) in [5.74, 6) is -2.14. The Kier molecular flexibility index (Phi) is 8.08. The second-order valence-corrected chi connectivity index (χ2v) is 13.9. The fourth-order valence-corrected chi connectivity index (χ4v) is 8.87. The van der Waals surface area contributed by atoms with Gasteiger partial charge < -0.3 is 35.0 Å². The predicted molar refractivity (Wildman–Crippen MR) is 163 cm³/mol. The van der Waals surface area contributed by atoms with E-state index < -0.39 is 69.4 Å². The van der Waals surface area contributed by atoms with E-state index in [1.165, 1.54) is 18.2 Å². The van der Waals surface area contributed by atoms with Crippen LogP contribution in [0.4, 0.5) is 0 Å². The molecular weight excluding hydrogens is 564 g/mol. The highest BCUT2D eigenvalue weighted by atomic mass is 16.6. The van der Waals surface area contributed by atoms with E-state index in [-0.39, 0.29) is 25.7 Å². The van der Waals surface area contributed by atoms with Crippen LogP contribution in [0.2, 0.25) is 0 Å². The largest absolute Gasteiger partial charge is 0.458 e. The molecule has 0 spiro atoms. The van der Waals surface area contributed by atoms with Gasteiger partial charge in [0.05, 0.1) is 17.1 Å². The Hall–Kier alpha value is -2.82. The molecule has 0 saturated heterocycles. The van der Waals surface area contributed by atoms with Gasteiger partial charge in [-0.25, -0.2) is 9.59 Å². The molecule has 0 aromatic heterocycles. The van der Waals surface area contributed by atoms with Crippen molar-refractivity contribution in [3.05, 3.63) is 65.8 Å². The van der Waals surface area contributed by atoms with Crippen LogP contribution in [-0.4, -0.2) is 78.2 Å². The molecule has 1 aromatic carbocycles. The third-order valence-corrected chi connectivity index (χ3v) is 12.0. The molecule has 3 fully saturated rings. The lowest BCUT2D eigenvalue weighted by molar-refractivity contribution is -0.327. The van der Waals surface area contributed by atoms with Crippen molar-refractivity contribution in [3.8, 4) is 0 Å². The molecule has 10 atom stereocenters. The Labute approximate surface area is 258 Å². The number of benzene rings is 1. The van der Waals surface area contributed by atoms with Gasteiger partial charge in [0, 0.05) is 29.4 Å². The normalized spacial score (nSPS) is 44.0. The maximum Gasteiger partial charge on any atom is 0.333 e. The summed E-state index contributed by atoms with van der Waals surface area (Å²) in [7, 11) is 0. The second kappa shape index (κ2) is 10.9. The summed E-state index contributed by atoms with van der Waals surface area (Å²) >= 11 is 0. The van der Waals surface area contributed by atoms with Gasteiger partial charge in [-0.05, 0) is 64.5 Å². The van der Waals surface area contributed by atoms with E-state index in [9.17, 15) is 35.1 Å². The number of aliphatic hydroxyl groups excluding tert-OH is 1. The highest BCUT2D eigenvalue weighted by Crippen LogP contribution is 2.71. The van der Waals surface area contributed by atoms with Crippen molar-refractivity contribution in [2.75, 3.05) is 0 Å². The number of carbonyl (C=O) groups excluding carboxylic acids is 2. The highest BCUT2D eigenvalue weighted by molar-refractivity contribution is 5.88. The quantitative estimate of drug-likeness (QED) is 0.185. The third-order valence-electron chi connectivity index (χ3n) is 12.0. The summed E-state index contributed by atoms with van der Waals surface area (Å²) in [6.45, 7) is 8.26. The Bertz CT molecular complexity index is 1390. The van der Waals surface area contributed by atoms with Gasteiger partial charge in [0.25, 0.3) is 0 Å². The van der Waals surface area contributed by atoms with Crippen LogP contribution in [0.15, 0.2) is 60.2 Å². The van der Waals surface area contributed by atoms with E-state index in [0.717, 1.165) is 5.56 Å². The molecule has 1 aromatic rings. The van der Waals surface area contributed by atoms with E-state index in [1.807, 2.05) is 37.3 Å². The molecule has 5 N–H and O–H groups in total. The standard InChI is InChI=1S/C35H46O9/c1-6-22(2)29(38)43-23(3)33(40)18-19-35(42)31(33,5)27(44-28(37)13-12-24-10-8-7-9-11-24)20-26-30(4)15-14-25(36)21-32(30,39)16-17-34(26,35)41/h6-13,16-17,23,25-27,36,39-42H,14-15,18-21H2,1-5H3/b13-12+,22-6+/t23-,25-,26+,27+,30+,31+,32+,33+,34-,35+/m0/s1. The van der Waals surface area contributed by atoms with Crippen molar-refractivity contribution in [1.29, 1.82) is 0 Å². The number of allylic oxidation sites excluding steroid dienone is 1. The number of esters is 2. The van der Waals surface area contributed by atoms with Crippen molar-refractivity contribution in [1.82, 2.24) is 0 Å². The molecule has 0 amide bonds. The zero-order valence-corrected chi connectivity index (χ0v) is 26.2. The van der Waals surface area contributed by atoms with Gasteiger partial charge in [0.2, 0.25) is 0 Å². The van der Waals surface area contributed by atoms with E-state index in [4.69, 9.17) is 9.47 Å². The average molecular weight is 611 g/mol. The van der Waals surface area contributed by atoms with Crippen molar-refractivity contribution in [2.24, 2.45) is 16.7 Å². The van der Waals surface area contributed by atoms with Crippen molar-refractivity contribution in [2.45, 2.75) is 114 Å². The van der Waals surface area contributed by atoms with E-state index in [2.05, 4.69) is 0 Å². The van der Waals surface area contributed by atoms with Gasteiger partial charge in [-0.2, -0.15) is 0 Å². The lowest BCUT2D eigenvalue weighted by Crippen LogP contribution is -2.80. The minimum Gasteiger partial charge on any atom is -0.458 e. The van der Waals surface area contributed by atoms with Gasteiger partial charge in [0.15, 0.2) is 0 Å². The molecule has 9 heteroatoms. The summed E-state index contributed by atoms with van der Waals surface area (Å²) in [4.78, 5) is 26.2. The third kappa shape index (κ3) is 4.46. The highest BCUT2D eigenvalue weighted by Gasteiger charge is 2.82. The molecule has 5 rings (SSSR count). The average Bonchev–Trinajstić information content (AvgIpc) is 3.22. The zero-order chi connectivity index (χ0) is 32.3. The van der Waals surface area contributed by atoms with Crippen molar-refractivity contribution < 1.29 is 44.6 Å². The molecule has 0 aliphatic heterocycles. The molecule has 3 saturated carbocycles. The first kappa shape index (κ1) is 32.6. The number of fused-ring (bicyclic) bond motifs is 5. The summed E-state index contributed by atoms with van der Waals surface area (Å²) in [6, 6.07) is 9.19. The van der Waals surface area contributed by atoms with Gasteiger partial charge in [0.1, 0.15) is 29.0 Å². The molecule has 240 valence electrons.